The van der Waals surface area contributed by atoms with Crippen molar-refractivity contribution in [2.24, 2.45) is 0 Å². The zero-order chi connectivity index (χ0) is 29.4. The Labute approximate surface area is 243 Å². The van der Waals surface area contributed by atoms with E-state index in [0.717, 1.165) is 52.9 Å². The number of hydrogen-bond donors (Lipinski definition) is 1. The maximum absolute atomic E-state index is 14.2. The lowest BCUT2D eigenvalue weighted by atomic mass is 10.0. The van der Waals surface area contributed by atoms with E-state index in [1.807, 2.05) is 61.5 Å². The summed E-state index contributed by atoms with van der Waals surface area (Å²) in [7, 11) is -2.35. The smallest absolute Gasteiger partial charge is 0.244 e. The lowest BCUT2D eigenvalue weighted by molar-refractivity contribution is -0.140. The molecule has 1 aliphatic carbocycles. The Morgan fingerprint density at radius 1 is 0.951 bits per heavy atom. The number of ether oxygens (including phenoxy) is 1. The molecule has 1 atom stereocenters. The minimum Gasteiger partial charge on any atom is -0.497 e. The van der Waals surface area contributed by atoms with Crippen LogP contribution in [0, 0.1) is 6.92 Å². The fraction of sp³-hybridized carbons (Fsp3) is 0.375. The van der Waals surface area contributed by atoms with E-state index in [-0.39, 0.29) is 18.5 Å². The third-order valence-electron chi connectivity index (χ3n) is 7.43. The van der Waals surface area contributed by atoms with E-state index >= 15 is 0 Å². The van der Waals surface area contributed by atoms with Crippen molar-refractivity contribution in [3.05, 3.63) is 95.6 Å². The minimum absolute atomic E-state index is 0.0704. The second kappa shape index (κ2) is 13.7. The molecule has 9 heteroatoms. The summed E-state index contributed by atoms with van der Waals surface area (Å²) in [6.45, 7) is 1.67. The SMILES string of the molecule is COc1cccc(N(CC(=O)N(Cc2cccc(C)c2)[C@H](Cc2ccccc2)C(=O)NC2CCCC2)S(C)(=O)=O)c1. The van der Waals surface area contributed by atoms with Gasteiger partial charge in [-0.1, -0.05) is 79.1 Å². The first-order chi connectivity index (χ1) is 19.6. The van der Waals surface area contributed by atoms with E-state index in [1.54, 1.807) is 24.3 Å². The number of amides is 2. The van der Waals surface area contributed by atoms with Crippen LogP contribution in [0.2, 0.25) is 0 Å². The van der Waals surface area contributed by atoms with Gasteiger partial charge in [0.05, 0.1) is 19.1 Å². The van der Waals surface area contributed by atoms with Crippen LogP contribution in [0.15, 0.2) is 78.9 Å². The van der Waals surface area contributed by atoms with E-state index in [4.69, 9.17) is 4.74 Å². The van der Waals surface area contributed by atoms with Crippen LogP contribution in [0.4, 0.5) is 5.69 Å². The summed E-state index contributed by atoms with van der Waals surface area (Å²) < 4.78 is 32.3. The number of carbonyl (C=O) groups is 2. The highest BCUT2D eigenvalue weighted by molar-refractivity contribution is 7.92. The van der Waals surface area contributed by atoms with Crippen molar-refractivity contribution in [3.63, 3.8) is 0 Å². The van der Waals surface area contributed by atoms with Crippen LogP contribution in [0.3, 0.4) is 0 Å². The van der Waals surface area contributed by atoms with Crippen molar-refractivity contribution in [1.82, 2.24) is 10.2 Å². The molecule has 0 saturated heterocycles. The number of hydrogen-bond acceptors (Lipinski definition) is 5. The molecule has 0 aromatic heterocycles. The number of methoxy groups -OCH3 is 1. The summed E-state index contributed by atoms with van der Waals surface area (Å²) >= 11 is 0. The Balaban J connectivity index is 1.73. The Bertz CT molecular complexity index is 1440. The monoisotopic (exact) mass is 577 g/mol. The highest BCUT2D eigenvalue weighted by Crippen LogP contribution is 2.25. The standard InChI is InChI=1S/C32H39N3O5S/c1-24-11-9-14-26(19-24)22-34(31(36)23-35(41(3,38)39)28-17-10-18-29(21-28)40-2)30(20-25-12-5-4-6-13-25)32(37)33-27-15-7-8-16-27/h4-6,9-14,17-19,21,27,30H,7-8,15-16,20,22-23H2,1-3H3,(H,33,37)/t30-/m1/s1. The summed E-state index contributed by atoms with van der Waals surface area (Å²) in [5.41, 5.74) is 3.11. The number of anilines is 1. The van der Waals surface area contributed by atoms with Gasteiger partial charge in [-0.15, -0.1) is 0 Å². The topological polar surface area (TPSA) is 96.0 Å². The van der Waals surface area contributed by atoms with Gasteiger partial charge in [0.1, 0.15) is 18.3 Å². The van der Waals surface area contributed by atoms with Gasteiger partial charge in [-0.05, 0) is 43.0 Å². The zero-order valence-corrected chi connectivity index (χ0v) is 24.8. The molecule has 0 bridgehead atoms. The van der Waals surface area contributed by atoms with Crippen LogP contribution in [-0.2, 0) is 32.6 Å². The molecule has 1 aliphatic rings. The number of nitrogens with zero attached hydrogens (tertiary/aromatic N) is 2. The predicted octanol–water partition coefficient (Wildman–Crippen LogP) is 4.47. The minimum atomic E-state index is -3.84. The highest BCUT2D eigenvalue weighted by atomic mass is 32.2. The van der Waals surface area contributed by atoms with Crippen molar-refractivity contribution < 1.29 is 22.7 Å². The van der Waals surface area contributed by atoms with Crippen LogP contribution >= 0.6 is 0 Å². The van der Waals surface area contributed by atoms with Gasteiger partial charge < -0.3 is 15.0 Å². The van der Waals surface area contributed by atoms with Gasteiger partial charge in [0, 0.05) is 25.1 Å². The van der Waals surface area contributed by atoms with Crippen molar-refractivity contribution in [3.8, 4) is 5.75 Å². The van der Waals surface area contributed by atoms with Crippen LogP contribution in [0.5, 0.6) is 5.75 Å². The predicted molar refractivity (Wildman–Crippen MR) is 161 cm³/mol. The first-order valence-corrected chi connectivity index (χ1v) is 15.8. The Hall–Kier alpha value is -3.85. The van der Waals surface area contributed by atoms with Gasteiger partial charge in [0.25, 0.3) is 0 Å². The maximum Gasteiger partial charge on any atom is 0.244 e. The number of sulfonamides is 1. The van der Waals surface area contributed by atoms with Gasteiger partial charge in [-0.3, -0.25) is 13.9 Å². The van der Waals surface area contributed by atoms with E-state index in [9.17, 15) is 18.0 Å². The molecule has 0 aliphatic heterocycles. The molecule has 4 rings (SSSR count). The molecular formula is C32H39N3O5S. The van der Waals surface area contributed by atoms with Gasteiger partial charge in [-0.25, -0.2) is 8.42 Å². The van der Waals surface area contributed by atoms with Crippen LogP contribution in [0.25, 0.3) is 0 Å². The molecule has 218 valence electrons. The first-order valence-electron chi connectivity index (χ1n) is 13.9. The molecule has 1 fully saturated rings. The van der Waals surface area contributed by atoms with Gasteiger partial charge in [0.2, 0.25) is 21.8 Å². The Morgan fingerprint density at radius 3 is 2.29 bits per heavy atom. The number of carbonyl (C=O) groups excluding carboxylic acids is 2. The average Bonchev–Trinajstić information content (AvgIpc) is 3.46. The molecule has 3 aromatic carbocycles. The summed E-state index contributed by atoms with van der Waals surface area (Å²) in [5, 5.41) is 3.18. The number of aryl methyl sites for hydroxylation is 1. The van der Waals surface area contributed by atoms with Gasteiger partial charge in [0.15, 0.2) is 0 Å². The van der Waals surface area contributed by atoms with Crippen LogP contribution in [0.1, 0.15) is 42.4 Å². The van der Waals surface area contributed by atoms with Gasteiger partial charge in [-0.2, -0.15) is 0 Å². The lowest BCUT2D eigenvalue weighted by Gasteiger charge is -2.34. The Kier molecular flexibility index (Phi) is 10.0. The molecule has 2 amide bonds. The Morgan fingerprint density at radius 2 is 1.63 bits per heavy atom. The lowest BCUT2D eigenvalue weighted by Crippen LogP contribution is -2.54. The molecule has 1 saturated carbocycles. The molecular weight excluding hydrogens is 538 g/mol. The second-order valence-electron chi connectivity index (χ2n) is 10.7. The van der Waals surface area contributed by atoms with Crippen LogP contribution < -0.4 is 14.4 Å². The maximum atomic E-state index is 14.2. The fourth-order valence-electron chi connectivity index (χ4n) is 5.31. The second-order valence-corrected chi connectivity index (χ2v) is 12.6. The molecule has 41 heavy (non-hydrogen) atoms. The zero-order valence-electron chi connectivity index (χ0n) is 24.0. The molecule has 1 N–H and O–H groups in total. The quantitative estimate of drug-likeness (QED) is 0.343. The third-order valence-corrected chi connectivity index (χ3v) is 8.57. The number of nitrogens with one attached hydrogen (secondary N) is 1. The normalized spacial score (nSPS) is 14.3. The average molecular weight is 578 g/mol. The highest BCUT2D eigenvalue weighted by Gasteiger charge is 2.34. The molecule has 0 spiro atoms. The van der Waals surface area contributed by atoms with E-state index < -0.39 is 28.5 Å². The van der Waals surface area contributed by atoms with E-state index in [0.29, 0.717) is 17.9 Å². The largest absolute Gasteiger partial charge is 0.497 e. The molecule has 3 aromatic rings. The van der Waals surface area contributed by atoms with E-state index in [1.165, 1.54) is 12.0 Å². The fourth-order valence-corrected chi connectivity index (χ4v) is 6.15. The van der Waals surface area contributed by atoms with Crippen molar-refractivity contribution in [1.29, 1.82) is 0 Å². The number of rotatable bonds is 12. The van der Waals surface area contributed by atoms with Gasteiger partial charge >= 0.3 is 0 Å². The third kappa shape index (κ3) is 8.33. The summed E-state index contributed by atoms with van der Waals surface area (Å²) in [6, 6.07) is 23.2. The van der Waals surface area contributed by atoms with Crippen molar-refractivity contribution >= 4 is 27.5 Å². The van der Waals surface area contributed by atoms with Crippen LogP contribution in [-0.4, -0.2) is 57.1 Å². The molecule has 0 unspecified atom stereocenters. The van der Waals surface area contributed by atoms with Crippen molar-refractivity contribution in [2.45, 2.75) is 57.7 Å². The number of benzene rings is 3. The van der Waals surface area contributed by atoms with E-state index in [2.05, 4.69) is 5.32 Å². The summed E-state index contributed by atoms with van der Waals surface area (Å²) in [6.07, 6.45) is 5.31. The molecule has 8 nitrogen and oxygen atoms in total. The summed E-state index contributed by atoms with van der Waals surface area (Å²) in [4.78, 5) is 29.6. The molecule has 0 heterocycles. The molecule has 0 radical (unpaired) electrons. The summed E-state index contributed by atoms with van der Waals surface area (Å²) in [5.74, 6) is -0.227. The van der Waals surface area contributed by atoms with Crippen molar-refractivity contribution in [2.75, 3.05) is 24.2 Å². The first kappa shape index (κ1) is 30.1.